The molecule has 2 atom stereocenters. The van der Waals surface area contributed by atoms with E-state index in [1.54, 1.807) is 6.07 Å². The minimum absolute atomic E-state index is 0.302. The highest BCUT2D eigenvalue weighted by atomic mass is 19.1. The average molecular weight is 280 g/mol. The van der Waals surface area contributed by atoms with E-state index in [0.29, 0.717) is 17.8 Å². The predicted molar refractivity (Wildman–Crippen MR) is 81.1 cm³/mol. The lowest BCUT2D eigenvalue weighted by molar-refractivity contribution is 0.366. The van der Waals surface area contributed by atoms with Crippen LogP contribution in [0.1, 0.15) is 33.1 Å². The summed E-state index contributed by atoms with van der Waals surface area (Å²) >= 11 is 0. The molecule has 20 heavy (non-hydrogen) atoms. The summed E-state index contributed by atoms with van der Waals surface area (Å²) < 4.78 is 18.6. The molecule has 0 spiro atoms. The van der Waals surface area contributed by atoms with E-state index in [0.717, 1.165) is 31.6 Å². The Bertz CT molecular complexity index is 438. The molecule has 0 radical (unpaired) electrons. The van der Waals surface area contributed by atoms with Crippen LogP contribution in [0.3, 0.4) is 0 Å². The van der Waals surface area contributed by atoms with Gasteiger partial charge in [0.05, 0.1) is 7.11 Å². The third kappa shape index (κ3) is 3.42. The SMILES string of the molecule is CCCNC1CCN(c2ccc(F)c(OC)c2)C(C)C1. The first kappa shape index (κ1) is 15.1. The second kappa shape index (κ2) is 6.93. The normalized spacial score (nSPS) is 22.9. The number of methoxy groups -OCH3 is 1. The molecule has 4 heteroatoms. The van der Waals surface area contributed by atoms with E-state index >= 15 is 0 Å². The summed E-state index contributed by atoms with van der Waals surface area (Å²) in [5.74, 6) is 0.0179. The Hall–Kier alpha value is -1.29. The molecule has 2 unspecified atom stereocenters. The highest BCUT2D eigenvalue weighted by Gasteiger charge is 2.25. The van der Waals surface area contributed by atoms with Gasteiger partial charge in [-0.15, -0.1) is 0 Å². The maximum atomic E-state index is 13.5. The Morgan fingerprint density at radius 1 is 1.45 bits per heavy atom. The highest BCUT2D eigenvalue weighted by Crippen LogP contribution is 2.29. The molecule has 0 bridgehead atoms. The minimum Gasteiger partial charge on any atom is -0.494 e. The van der Waals surface area contributed by atoms with Crippen molar-refractivity contribution in [2.75, 3.05) is 25.1 Å². The third-order valence-corrected chi connectivity index (χ3v) is 4.03. The zero-order chi connectivity index (χ0) is 14.5. The van der Waals surface area contributed by atoms with Crippen molar-refractivity contribution in [3.8, 4) is 5.75 Å². The number of rotatable bonds is 5. The summed E-state index contributed by atoms with van der Waals surface area (Å²) in [6, 6.07) is 6.18. The van der Waals surface area contributed by atoms with Crippen LogP contribution >= 0.6 is 0 Å². The molecule has 3 nitrogen and oxygen atoms in total. The Morgan fingerprint density at radius 3 is 2.90 bits per heavy atom. The molecule has 1 aromatic carbocycles. The zero-order valence-electron chi connectivity index (χ0n) is 12.7. The number of nitrogens with zero attached hydrogens (tertiary/aromatic N) is 1. The average Bonchev–Trinajstić information content (AvgIpc) is 2.46. The fourth-order valence-corrected chi connectivity index (χ4v) is 2.92. The van der Waals surface area contributed by atoms with Gasteiger partial charge in [-0.2, -0.15) is 0 Å². The van der Waals surface area contributed by atoms with Crippen LogP contribution in [0, 0.1) is 5.82 Å². The predicted octanol–water partition coefficient (Wildman–Crippen LogP) is 3.19. The van der Waals surface area contributed by atoms with E-state index in [1.165, 1.54) is 19.6 Å². The van der Waals surface area contributed by atoms with E-state index in [4.69, 9.17) is 4.74 Å². The number of hydrogen-bond acceptors (Lipinski definition) is 3. The topological polar surface area (TPSA) is 24.5 Å². The second-order valence-electron chi connectivity index (χ2n) is 5.54. The number of nitrogens with one attached hydrogen (secondary N) is 1. The fourth-order valence-electron chi connectivity index (χ4n) is 2.92. The number of halogens is 1. The smallest absolute Gasteiger partial charge is 0.165 e. The van der Waals surface area contributed by atoms with Gasteiger partial charge in [0.1, 0.15) is 0 Å². The van der Waals surface area contributed by atoms with Crippen molar-refractivity contribution >= 4 is 5.69 Å². The molecule has 1 aromatic rings. The lowest BCUT2D eigenvalue weighted by atomic mass is 9.97. The monoisotopic (exact) mass is 280 g/mol. The van der Waals surface area contributed by atoms with Crippen molar-refractivity contribution in [3.05, 3.63) is 24.0 Å². The second-order valence-corrected chi connectivity index (χ2v) is 5.54. The van der Waals surface area contributed by atoms with Crippen molar-refractivity contribution < 1.29 is 9.13 Å². The van der Waals surface area contributed by atoms with Gasteiger partial charge in [-0.05, 0) is 44.9 Å². The van der Waals surface area contributed by atoms with Crippen molar-refractivity contribution in [3.63, 3.8) is 0 Å². The summed E-state index contributed by atoms with van der Waals surface area (Å²) in [5, 5.41) is 3.59. The van der Waals surface area contributed by atoms with Gasteiger partial charge < -0.3 is 15.0 Å². The largest absolute Gasteiger partial charge is 0.494 e. The van der Waals surface area contributed by atoms with Crippen molar-refractivity contribution in [2.45, 2.75) is 45.2 Å². The van der Waals surface area contributed by atoms with Gasteiger partial charge in [0.2, 0.25) is 0 Å². The fraction of sp³-hybridized carbons (Fsp3) is 0.625. The molecule has 1 aliphatic rings. The first-order chi connectivity index (χ1) is 9.65. The molecule has 2 rings (SSSR count). The van der Waals surface area contributed by atoms with Crippen molar-refractivity contribution in [1.29, 1.82) is 0 Å². The van der Waals surface area contributed by atoms with Gasteiger partial charge in [-0.25, -0.2) is 4.39 Å². The summed E-state index contributed by atoms with van der Waals surface area (Å²) in [6.45, 7) is 6.51. The number of anilines is 1. The van der Waals surface area contributed by atoms with E-state index in [1.807, 2.05) is 6.07 Å². The molecule has 0 saturated carbocycles. The third-order valence-electron chi connectivity index (χ3n) is 4.03. The zero-order valence-corrected chi connectivity index (χ0v) is 12.7. The van der Waals surface area contributed by atoms with Gasteiger partial charge in [0.15, 0.2) is 11.6 Å². The van der Waals surface area contributed by atoms with Crippen molar-refractivity contribution in [2.24, 2.45) is 0 Å². The first-order valence-electron chi connectivity index (χ1n) is 7.49. The van der Waals surface area contributed by atoms with Crippen LogP contribution in [-0.4, -0.2) is 32.3 Å². The van der Waals surface area contributed by atoms with Gasteiger partial charge >= 0.3 is 0 Å². The van der Waals surface area contributed by atoms with Crippen LogP contribution in [0.25, 0.3) is 0 Å². The van der Waals surface area contributed by atoms with Gasteiger partial charge in [0, 0.05) is 30.4 Å². The maximum Gasteiger partial charge on any atom is 0.165 e. The van der Waals surface area contributed by atoms with Crippen LogP contribution in [0.2, 0.25) is 0 Å². The molecule has 0 aromatic heterocycles. The van der Waals surface area contributed by atoms with E-state index in [2.05, 4.69) is 24.1 Å². The van der Waals surface area contributed by atoms with E-state index < -0.39 is 0 Å². The number of benzene rings is 1. The van der Waals surface area contributed by atoms with Crippen LogP contribution in [-0.2, 0) is 0 Å². The molecule has 1 fully saturated rings. The minimum atomic E-state index is -0.302. The van der Waals surface area contributed by atoms with Gasteiger partial charge in [-0.3, -0.25) is 0 Å². The quantitative estimate of drug-likeness (QED) is 0.896. The standard InChI is InChI=1S/C16H25FN2O/c1-4-8-18-13-7-9-19(12(2)10-13)14-5-6-15(17)16(11-14)20-3/h5-6,11-13,18H,4,7-10H2,1-3H3. The summed E-state index contributed by atoms with van der Waals surface area (Å²) in [6.07, 6.45) is 3.42. The van der Waals surface area contributed by atoms with Crippen LogP contribution in [0.5, 0.6) is 5.75 Å². The Labute approximate surface area is 121 Å². The Morgan fingerprint density at radius 2 is 2.25 bits per heavy atom. The van der Waals surface area contributed by atoms with E-state index in [9.17, 15) is 4.39 Å². The number of ether oxygens (including phenoxy) is 1. The summed E-state index contributed by atoms with van der Waals surface area (Å²) in [4.78, 5) is 2.34. The van der Waals surface area contributed by atoms with Gasteiger partial charge in [0.25, 0.3) is 0 Å². The number of hydrogen-bond donors (Lipinski definition) is 1. The molecule has 1 saturated heterocycles. The van der Waals surface area contributed by atoms with E-state index in [-0.39, 0.29) is 5.82 Å². The lowest BCUT2D eigenvalue weighted by Crippen LogP contribution is -2.47. The van der Waals surface area contributed by atoms with Crippen LogP contribution in [0.15, 0.2) is 18.2 Å². The molecular weight excluding hydrogens is 255 g/mol. The van der Waals surface area contributed by atoms with Gasteiger partial charge in [-0.1, -0.05) is 6.92 Å². The molecule has 1 aliphatic heterocycles. The number of piperidine rings is 1. The molecular formula is C16H25FN2O. The molecule has 1 heterocycles. The summed E-state index contributed by atoms with van der Waals surface area (Å²) in [5.41, 5.74) is 1.05. The molecule has 112 valence electrons. The van der Waals surface area contributed by atoms with Crippen LogP contribution in [0.4, 0.5) is 10.1 Å². The summed E-state index contributed by atoms with van der Waals surface area (Å²) in [7, 11) is 1.51. The first-order valence-corrected chi connectivity index (χ1v) is 7.49. The lowest BCUT2D eigenvalue weighted by Gasteiger charge is -2.39. The molecule has 1 N–H and O–H groups in total. The maximum absolute atomic E-state index is 13.5. The van der Waals surface area contributed by atoms with Crippen LogP contribution < -0.4 is 15.0 Å². The Kier molecular flexibility index (Phi) is 5.24. The highest BCUT2D eigenvalue weighted by molar-refractivity contribution is 5.52. The Balaban J connectivity index is 2.03. The van der Waals surface area contributed by atoms with Crippen molar-refractivity contribution in [1.82, 2.24) is 5.32 Å². The molecule has 0 amide bonds. The molecule has 0 aliphatic carbocycles.